The van der Waals surface area contributed by atoms with Gasteiger partial charge in [-0.25, -0.2) is 9.59 Å². The zero-order valence-electron chi connectivity index (χ0n) is 17.2. The highest BCUT2D eigenvalue weighted by Gasteiger charge is 2.32. The highest BCUT2D eigenvalue weighted by Crippen LogP contribution is 2.31. The molecule has 1 aliphatic heterocycles. The lowest BCUT2D eigenvalue weighted by Gasteiger charge is -2.26. The van der Waals surface area contributed by atoms with E-state index in [9.17, 15) is 27.6 Å². The molecule has 3 amide bonds. The molecule has 0 bridgehead atoms. The molecule has 170 valence electrons. The first-order chi connectivity index (χ1) is 15.2. The molecule has 32 heavy (non-hydrogen) atoms. The fraction of sp³-hybridized carbons (Fsp3) is 0.318. The summed E-state index contributed by atoms with van der Waals surface area (Å²) < 4.78 is 44.2. The molecule has 10 heteroatoms. The molecule has 7 nitrogen and oxygen atoms in total. The van der Waals surface area contributed by atoms with Gasteiger partial charge in [-0.15, -0.1) is 0 Å². The Labute approximate surface area is 182 Å². The molecule has 0 unspecified atom stereocenters. The number of hydrogen-bond acceptors (Lipinski definition) is 4. The molecule has 2 N–H and O–H groups in total. The van der Waals surface area contributed by atoms with Crippen LogP contribution in [0.3, 0.4) is 0 Å². The Balaban J connectivity index is 1.80. The Morgan fingerprint density at radius 1 is 1.16 bits per heavy atom. The summed E-state index contributed by atoms with van der Waals surface area (Å²) in [6.45, 7) is 0.508. The van der Waals surface area contributed by atoms with E-state index >= 15 is 0 Å². The zero-order chi connectivity index (χ0) is 23.3. The zero-order valence-corrected chi connectivity index (χ0v) is 17.2. The second kappa shape index (κ2) is 9.71. The predicted octanol–water partition coefficient (Wildman–Crippen LogP) is 3.98. The number of nitrogens with one attached hydrogen (secondary N) is 2. The molecule has 3 rings (SSSR count). The number of esters is 1. The number of alkyl halides is 3. The fourth-order valence-electron chi connectivity index (χ4n) is 3.45. The van der Waals surface area contributed by atoms with Crippen molar-refractivity contribution in [3.63, 3.8) is 0 Å². The summed E-state index contributed by atoms with van der Waals surface area (Å²) in [5.74, 6) is -0.696. The molecule has 0 aliphatic carbocycles. The summed E-state index contributed by atoms with van der Waals surface area (Å²) >= 11 is 0. The van der Waals surface area contributed by atoms with E-state index in [0.717, 1.165) is 12.1 Å². The monoisotopic (exact) mass is 449 g/mol. The summed E-state index contributed by atoms with van der Waals surface area (Å²) in [5, 5.41) is 5.20. The number of rotatable bonds is 6. The fourth-order valence-corrected chi connectivity index (χ4v) is 3.45. The van der Waals surface area contributed by atoms with Gasteiger partial charge in [0, 0.05) is 25.2 Å². The van der Waals surface area contributed by atoms with Crippen LogP contribution in [0.4, 0.5) is 23.7 Å². The van der Waals surface area contributed by atoms with Gasteiger partial charge < -0.3 is 20.3 Å². The lowest BCUT2D eigenvalue weighted by molar-refractivity contribution is -0.137. The number of amides is 3. The molecule has 1 saturated heterocycles. The van der Waals surface area contributed by atoms with E-state index in [0.29, 0.717) is 25.1 Å². The minimum atomic E-state index is -4.54. The van der Waals surface area contributed by atoms with Crippen LogP contribution in [0.15, 0.2) is 48.5 Å². The van der Waals surface area contributed by atoms with Crippen LogP contribution >= 0.6 is 0 Å². The quantitative estimate of drug-likeness (QED) is 0.654. The number of nitrogens with zero attached hydrogens (tertiary/aromatic N) is 1. The summed E-state index contributed by atoms with van der Waals surface area (Å²) in [7, 11) is 1.23. The van der Waals surface area contributed by atoms with Crippen LogP contribution in [0.1, 0.15) is 40.4 Å². The topological polar surface area (TPSA) is 87.7 Å². The van der Waals surface area contributed by atoms with Crippen LogP contribution < -0.4 is 10.6 Å². The van der Waals surface area contributed by atoms with Gasteiger partial charge in [0.25, 0.3) is 0 Å². The average Bonchev–Trinajstić information content (AvgIpc) is 3.16. The van der Waals surface area contributed by atoms with Gasteiger partial charge in [0.15, 0.2) is 0 Å². The normalized spacial score (nSPS) is 14.8. The van der Waals surface area contributed by atoms with Gasteiger partial charge in [-0.05, 0) is 42.3 Å². The molecule has 0 aromatic heterocycles. The Kier molecular flexibility index (Phi) is 7.01. The molecule has 2 aromatic rings. The van der Waals surface area contributed by atoms with Crippen LogP contribution in [-0.4, -0.2) is 43.0 Å². The van der Waals surface area contributed by atoms with Crippen molar-refractivity contribution in [3.8, 4) is 0 Å². The van der Waals surface area contributed by atoms with Gasteiger partial charge in [-0.3, -0.25) is 4.79 Å². The first-order valence-electron chi connectivity index (χ1n) is 9.88. The third-order valence-corrected chi connectivity index (χ3v) is 5.04. The van der Waals surface area contributed by atoms with Gasteiger partial charge in [0.1, 0.15) is 0 Å². The van der Waals surface area contributed by atoms with E-state index < -0.39 is 29.8 Å². The predicted molar refractivity (Wildman–Crippen MR) is 110 cm³/mol. The van der Waals surface area contributed by atoms with Gasteiger partial charge in [-0.1, -0.05) is 18.2 Å². The maximum atomic E-state index is 13.2. The van der Waals surface area contributed by atoms with E-state index in [1.54, 1.807) is 12.1 Å². The van der Waals surface area contributed by atoms with Crippen molar-refractivity contribution in [1.29, 1.82) is 0 Å². The van der Waals surface area contributed by atoms with Gasteiger partial charge in [-0.2, -0.15) is 13.2 Å². The van der Waals surface area contributed by atoms with Crippen LogP contribution in [0.5, 0.6) is 0 Å². The molecule has 1 heterocycles. The van der Waals surface area contributed by atoms with Gasteiger partial charge >= 0.3 is 18.2 Å². The largest absolute Gasteiger partial charge is 0.465 e. The Morgan fingerprint density at radius 2 is 1.91 bits per heavy atom. The molecular formula is C22H22F3N3O4. The number of hydrogen-bond donors (Lipinski definition) is 2. The van der Waals surface area contributed by atoms with Crippen LogP contribution in [0.2, 0.25) is 0 Å². The maximum Gasteiger partial charge on any atom is 0.416 e. The highest BCUT2D eigenvalue weighted by molar-refractivity contribution is 5.94. The molecule has 0 radical (unpaired) electrons. The van der Waals surface area contributed by atoms with Crippen molar-refractivity contribution in [1.82, 2.24) is 10.2 Å². The number of likely N-dealkylation sites (tertiary alicyclic amines) is 1. The van der Waals surface area contributed by atoms with E-state index in [1.807, 2.05) is 0 Å². The van der Waals surface area contributed by atoms with E-state index in [2.05, 4.69) is 15.4 Å². The number of halogens is 3. The molecule has 2 aromatic carbocycles. The average molecular weight is 449 g/mol. The lowest BCUT2D eigenvalue weighted by Crippen LogP contribution is -2.40. The number of methoxy groups -OCH3 is 1. The summed E-state index contributed by atoms with van der Waals surface area (Å²) in [4.78, 5) is 37.9. The summed E-state index contributed by atoms with van der Waals surface area (Å²) in [6.07, 6.45) is -3.52. The van der Waals surface area contributed by atoms with Gasteiger partial charge in [0.2, 0.25) is 5.91 Å². The Hall–Kier alpha value is -3.56. The number of anilines is 1. The maximum absolute atomic E-state index is 13.2. The smallest absolute Gasteiger partial charge is 0.416 e. The third kappa shape index (κ3) is 5.77. The molecular weight excluding hydrogens is 427 g/mol. The molecule has 0 spiro atoms. The standard InChI is InChI=1S/C22H22F3N3O4/c1-32-20(30)15-6-3-8-17(12-15)26-21(31)27-18(13-28-10-4-9-19(28)29)14-5-2-7-16(11-14)22(23,24)25/h2-3,5-8,11-12,18H,4,9-10,13H2,1H3,(H2,26,27,31)/t18-/m1/s1. The van der Waals surface area contributed by atoms with E-state index in [1.165, 1.54) is 36.3 Å². The number of benzene rings is 2. The molecule has 1 fully saturated rings. The molecule has 1 aliphatic rings. The van der Waals surface area contributed by atoms with E-state index in [4.69, 9.17) is 0 Å². The van der Waals surface area contributed by atoms with Crippen molar-refractivity contribution >= 4 is 23.6 Å². The van der Waals surface area contributed by atoms with Crippen molar-refractivity contribution < 1.29 is 32.3 Å². The van der Waals surface area contributed by atoms with Gasteiger partial charge in [0.05, 0.1) is 24.3 Å². The highest BCUT2D eigenvalue weighted by atomic mass is 19.4. The third-order valence-electron chi connectivity index (χ3n) is 5.04. The van der Waals surface area contributed by atoms with Crippen molar-refractivity contribution in [2.45, 2.75) is 25.1 Å². The Bertz CT molecular complexity index is 1010. The van der Waals surface area contributed by atoms with Crippen LogP contribution in [0.25, 0.3) is 0 Å². The second-order valence-electron chi connectivity index (χ2n) is 7.29. The van der Waals surface area contributed by atoms with Crippen molar-refractivity contribution in [2.24, 2.45) is 0 Å². The van der Waals surface area contributed by atoms with Crippen LogP contribution in [-0.2, 0) is 15.7 Å². The minimum absolute atomic E-state index is 0.0375. The second-order valence-corrected chi connectivity index (χ2v) is 7.29. The molecule has 1 atom stereocenters. The number of ether oxygens (including phenoxy) is 1. The number of carbonyl (C=O) groups excluding carboxylic acids is 3. The first-order valence-corrected chi connectivity index (χ1v) is 9.88. The lowest BCUT2D eigenvalue weighted by atomic mass is 10.0. The molecule has 0 saturated carbocycles. The minimum Gasteiger partial charge on any atom is -0.465 e. The summed E-state index contributed by atoms with van der Waals surface area (Å²) in [6, 6.07) is 9.10. The number of carbonyl (C=O) groups is 3. The van der Waals surface area contributed by atoms with Crippen molar-refractivity contribution in [3.05, 3.63) is 65.2 Å². The van der Waals surface area contributed by atoms with Crippen molar-refractivity contribution in [2.75, 3.05) is 25.5 Å². The SMILES string of the molecule is COC(=O)c1cccc(NC(=O)N[C@H](CN2CCCC2=O)c2cccc(C(F)(F)F)c2)c1. The Morgan fingerprint density at radius 3 is 2.56 bits per heavy atom. The first kappa shape index (κ1) is 23.1. The van der Waals surface area contributed by atoms with Crippen LogP contribution in [0, 0.1) is 0 Å². The number of urea groups is 1. The van der Waals surface area contributed by atoms with E-state index in [-0.39, 0.29) is 23.6 Å². The summed E-state index contributed by atoms with van der Waals surface area (Å²) in [5.41, 5.74) is -0.105.